The molecule has 0 unspecified atom stereocenters. The number of amides is 1. The van der Waals surface area contributed by atoms with E-state index in [2.05, 4.69) is 5.32 Å². The minimum absolute atomic E-state index is 0.0494. The van der Waals surface area contributed by atoms with Gasteiger partial charge in [-0.05, 0) is 42.7 Å². The summed E-state index contributed by atoms with van der Waals surface area (Å²) in [5, 5.41) is 2.89. The van der Waals surface area contributed by atoms with Crippen molar-refractivity contribution >= 4 is 5.91 Å². The van der Waals surface area contributed by atoms with Gasteiger partial charge in [0.25, 0.3) is 0 Å². The van der Waals surface area contributed by atoms with E-state index in [1.165, 1.54) is 12.1 Å². The highest BCUT2D eigenvalue weighted by Crippen LogP contribution is 2.04. The molecule has 1 aromatic carbocycles. The van der Waals surface area contributed by atoms with Crippen LogP contribution in [0, 0.1) is 5.82 Å². The van der Waals surface area contributed by atoms with Crippen LogP contribution in [0.3, 0.4) is 0 Å². The molecule has 3 nitrogen and oxygen atoms in total. The van der Waals surface area contributed by atoms with E-state index in [4.69, 9.17) is 0 Å². The van der Waals surface area contributed by atoms with Crippen molar-refractivity contribution in [1.29, 1.82) is 0 Å². The first-order chi connectivity index (χ1) is 9.65. The van der Waals surface area contributed by atoms with Crippen LogP contribution in [0.2, 0.25) is 0 Å². The fraction of sp³-hybridized carbons (Fsp3) is 0.312. The van der Waals surface area contributed by atoms with Crippen molar-refractivity contribution in [2.24, 2.45) is 7.05 Å². The Balaban J connectivity index is 1.68. The van der Waals surface area contributed by atoms with Crippen molar-refractivity contribution < 1.29 is 9.18 Å². The second kappa shape index (κ2) is 6.89. The van der Waals surface area contributed by atoms with Gasteiger partial charge in [0.15, 0.2) is 0 Å². The molecular formula is C16H19FN2O. The van der Waals surface area contributed by atoms with E-state index in [0.29, 0.717) is 13.0 Å². The number of carbonyl (C=O) groups is 1. The van der Waals surface area contributed by atoms with Crippen LogP contribution in [-0.2, 0) is 24.7 Å². The van der Waals surface area contributed by atoms with Gasteiger partial charge in [-0.25, -0.2) is 4.39 Å². The van der Waals surface area contributed by atoms with E-state index in [9.17, 15) is 9.18 Å². The molecule has 1 amide bonds. The van der Waals surface area contributed by atoms with Crippen LogP contribution in [-0.4, -0.2) is 17.0 Å². The highest BCUT2D eigenvalue weighted by atomic mass is 19.1. The standard InChI is InChI=1S/C16H19FN2O/c1-19-12-2-3-15(19)8-9-16(20)18-11-10-13-4-6-14(17)7-5-13/h2-7,12H,8-11H2,1H3,(H,18,20). The van der Waals surface area contributed by atoms with Crippen molar-refractivity contribution in [2.75, 3.05) is 6.54 Å². The third-order valence-corrected chi connectivity index (χ3v) is 3.31. The number of halogens is 1. The molecule has 106 valence electrons. The molecule has 1 heterocycles. The Bertz CT molecular complexity index is 560. The van der Waals surface area contributed by atoms with Gasteiger partial charge in [-0.3, -0.25) is 4.79 Å². The minimum atomic E-state index is -0.236. The lowest BCUT2D eigenvalue weighted by Gasteiger charge is -2.06. The first-order valence-corrected chi connectivity index (χ1v) is 6.76. The highest BCUT2D eigenvalue weighted by Gasteiger charge is 2.04. The van der Waals surface area contributed by atoms with Crippen molar-refractivity contribution in [3.05, 3.63) is 59.7 Å². The molecule has 20 heavy (non-hydrogen) atoms. The van der Waals surface area contributed by atoms with E-state index in [1.807, 2.05) is 29.9 Å². The average Bonchev–Trinajstić information content (AvgIpc) is 2.84. The Hall–Kier alpha value is -2.10. The molecule has 0 aliphatic heterocycles. The summed E-state index contributed by atoms with van der Waals surface area (Å²) >= 11 is 0. The monoisotopic (exact) mass is 274 g/mol. The van der Waals surface area contributed by atoms with Crippen molar-refractivity contribution in [3.63, 3.8) is 0 Å². The normalized spacial score (nSPS) is 10.5. The fourth-order valence-electron chi connectivity index (χ4n) is 2.08. The van der Waals surface area contributed by atoms with Crippen molar-refractivity contribution in [1.82, 2.24) is 9.88 Å². The number of benzene rings is 1. The molecule has 0 saturated carbocycles. The van der Waals surface area contributed by atoms with Gasteiger partial charge in [-0.2, -0.15) is 0 Å². The van der Waals surface area contributed by atoms with Crippen LogP contribution in [0.1, 0.15) is 17.7 Å². The van der Waals surface area contributed by atoms with Crippen LogP contribution >= 0.6 is 0 Å². The van der Waals surface area contributed by atoms with E-state index < -0.39 is 0 Å². The van der Waals surface area contributed by atoms with E-state index in [-0.39, 0.29) is 11.7 Å². The van der Waals surface area contributed by atoms with Gasteiger partial charge in [0.1, 0.15) is 5.82 Å². The smallest absolute Gasteiger partial charge is 0.220 e. The van der Waals surface area contributed by atoms with E-state index in [0.717, 1.165) is 24.1 Å². The maximum atomic E-state index is 12.7. The van der Waals surface area contributed by atoms with Crippen molar-refractivity contribution in [2.45, 2.75) is 19.3 Å². The fourth-order valence-corrected chi connectivity index (χ4v) is 2.08. The quantitative estimate of drug-likeness (QED) is 0.862. The van der Waals surface area contributed by atoms with Crippen LogP contribution in [0.5, 0.6) is 0 Å². The van der Waals surface area contributed by atoms with Gasteiger partial charge < -0.3 is 9.88 Å². The summed E-state index contributed by atoms with van der Waals surface area (Å²) in [4.78, 5) is 11.7. The number of hydrogen-bond donors (Lipinski definition) is 1. The Morgan fingerprint density at radius 1 is 1.20 bits per heavy atom. The number of aromatic nitrogens is 1. The van der Waals surface area contributed by atoms with Crippen molar-refractivity contribution in [3.8, 4) is 0 Å². The molecule has 0 fully saturated rings. The first-order valence-electron chi connectivity index (χ1n) is 6.76. The summed E-state index contributed by atoms with van der Waals surface area (Å²) in [5.41, 5.74) is 2.17. The topological polar surface area (TPSA) is 34.0 Å². The first kappa shape index (κ1) is 14.3. The molecule has 0 saturated heterocycles. The predicted molar refractivity (Wildman–Crippen MR) is 76.8 cm³/mol. The average molecular weight is 274 g/mol. The summed E-state index contributed by atoms with van der Waals surface area (Å²) in [6, 6.07) is 10.4. The summed E-state index contributed by atoms with van der Waals surface area (Å²) in [6.07, 6.45) is 3.92. The largest absolute Gasteiger partial charge is 0.356 e. The molecule has 1 N–H and O–H groups in total. The zero-order chi connectivity index (χ0) is 14.4. The molecule has 1 aromatic heterocycles. The number of hydrogen-bond acceptors (Lipinski definition) is 1. The Labute approximate surface area is 118 Å². The number of rotatable bonds is 6. The lowest BCUT2D eigenvalue weighted by molar-refractivity contribution is -0.121. The van der Waals surface area contributed by atoms with Gasteiger partial charge in [0.2, 0.25) is 5.91 Å². The molecule has 0 aliphatic rings. The lowest BCUT2D eigenvalue weighted by atomic mass is 10.1. The third kappa shape index (κ3) is 4.23. The molecule has 0 aliphatic carbocycles. The van der Waals surface area contributed by atoms with Crippen LogP contribution < -0.4 is 5.32 Å². The SMILES string of the molecule is Cn1cccc1CCC(=O)NCCc1ccc(F)cc1. The Kier molecular flexibility index (Phi) is 4.93. The predicted octanol–water partition coefficient (Wildman–Crippen LogP) is 2.46. The number of nitrogens with zero attached hydrogens (tertiary/aromatic N) is 1. The lowest BCUT2D eigenvalue weighted by Crippen LogP contribution is -2.26. The Morgan fingerprint density at radius 2 is 1.95 bits per heavy atom. The number of aryl methyl sites for hydroxylation is 2. The summed E-state index contributed by atoms with van der Waals surface area (Å²) < 4.78 is 14.8. The minimum Gasteiger partial charge on any atom is -0.356 e. The van der Waals surface area contributed by atoms with E-state index in [1.54, 1.807) is 12.1 Å². The van der Waals surface area contributed by atoms with Crippen LogP contribution in [0.4, 0.5) is 4.39 Å². The van der Waals surface area contributed by atoms with Gasteiger partial charge in [-0.1, -0.05) is 12.1 Å². The zero-order valence-corrected chi connectivity index (χ0v) is 11.6. The number of carbonyl (C=O) groups excluding carboxylic acids is 1. The summed E-state index contributed by atoms with van der Waals surface area (Å²) in [5.74, 6) is -0.186. The molecule has 0 radical (unpaired) electrons. The Morgan fingerprint density at radius 3 is 2.60 bits per heavy atom. The summed E-state index contributed by atoms with van der Waals surface area (Å²) in [6.45, 7) is 0.581. The van der Waals surface area contributed by atoms with Gasteiger partial charge in [-0.15, -0.1) is 0 Å². The molecule has 4 heteroatoms. The maximum absolute atomic E-state index is 12.7. The molecular weight excluding hydrogens is 255 g/mol. The molecule has 0 atom stereocenters. The second-order valence-electron chi connectivity index (χ2n) is 4.84. The zero-order valence-electron chi connectivity index (χ0n) is 11.6. The molecule has 2 aromatic rings. The van der Waals surface area contributed by atoms with Crippen LogP contribution in [0.25, 0.3) is 0 Å². The van der Waals surface area contributed by atoms with Crippen LogP contribution in [0.15, 0.2) is 42.6 Å². The molecule has 2 rings (SSSR count). The third-order valence-electron chi connectivity index (χ3n) is 3.31. The number of nitrogens with one attached hydrogen (secondary N) is 1. The molecule has 0 spiro atoms. The second-order valence-corrected chi connectivity index (χ2v) is 4.84. The van der Waals surface area contributed by atoms with E-state index >= 15 is 0 Å². The van der Waals surface area contributed by atoms with Gasteiger partial charge >= 0.3 is 0 Å². The van der Waals surface area contributed by atoms with Gasteiger partial charge in [0.05, 0.1) is 0 Å². The molecule has 0 bridgehead atoms. The van der Waals surface area contributed by atoms with Gasteiger partial charge in [0, 0.05) is 31.9 Å². The highest BCUT2D eigenvalue weighted by molar-refractivity contribution is 5.76. The summed E-state index contributed by atoms with van der Waals surface area (Å²) in [7, 11) is 1.97. The maximum Gasteiger partial charge on any atom is 0.220 e.